The first-order valence-corrected chi connectivity index (χ1v) is 10.8. The van der Waals surface area contributed by atoms with Crippen LogP contribution in [0.4, 0.5) is 5.69 Å². The van der Waals surface area contributed by atoms with Gasteiger partial charge in [0.05, 0.1) is 13.2 Å². The average molecular weight is 430 g/mol. The Labute approximate surface area is 182 Å². The number of rotatable bonds is 9. The van der Waals surface area contributed by atoms with Gasteiger partial charge in [0.2, 0.25) is 11.8 Å². The molecule has 0 aliphatic carbocycles. The van der Waals surface area contributed by atoms with Gasteiger partial charge in [0, 0.05) is 29.1 Å². The van der Waals surface area contributed by atoms with Crippen LogP contribution in [0.2, 0.25) is 0 Å². The molecule has 2 aromatic rings. The van der Waals surface area contributed by atoms with Crippen molar-refractivity contribution in [3.8, 4) is 5.75 Å². The lowest BCUT2D eigenvalue weighted by atomic mass is 9.87. The number of methoxy groups -OCH3 is 1. The second-order valence-electron chi connectivity index (χ2n) is 8.35. The Morgan fingerprint density at radius 1 is 1.20 bits per heavy atom. The summed E-state index contributed by atoms with van der Waals surface area (Å²) in [5.41, 5.74) is 6.71. The molecule has 0 fully saturated rings. The first-order valence-electron chi connectivity index (χ1n) is 9.88. The minimum absolute atomic E-state index is 0.0351. The van der Waals surface area contributed by atoms with Crippen LogP contribution in [0.15, 0.2) is 53.9 Å². The zero-order chi connectivity index (χ0) is 22.1. The maximum absolute atomic E-state index is 12.6. The quantitative estimate of drug-likeness (QED) is 0.529. The Morgan fingerprint density at radius 3 is 2.47 bits per heavy atom. The fraction of sp³-hybridized carbons (Fsp3) is 0.391. The predicted molar refractivity (Wildman–Crippen MR) is 123 cm³/mol. The summed E-state index contributed by atoms with van der Waals surface area (Å²) in [6, 6.07) is 10.1. The van der Waals surface area contributed by atoms with Crippen molar-refractivity contribution in [1.29, 1.82) is 0 Å². The van der Waals surface area contributed by atoms with E-state index in [-0.39, 0.29) is 23.3 Å². The lowest BCUT2D eigenvalue weighted by molar-refractivity contribution is -0.123. The SMILES string of the molecule is COc1ccc(NC(=O)C=C[C@H](CC(C)(C)C)NC(=O)[C@@H](N)Cc2cccs2)cc1. The van der Waals surface area contributed by atoms with E-state index >= 15 is 0 Å². The Morgan fingerprint density at radius 2 is 1.90 bits per heavy atom. The van der Waals surface area contributed by atoms with Gasteiger partial charge in [-0.1, -0.05) is 32.9 Å². The van der Waals surface area contributed by atoms with Crippen LogP contribution < -0.4 is 21.1 Å². The molecular formula is C23H31N3O3S. The van der Waals surface area contributed by atoms with Crippen molar-refractivity contribution in [2.24, 2.45) is 11.1 Å². The third-order valence-corrected chi connectivity index (χ3v) is 5.23. The van der Waals surface area contributed by atoms with E-state index in [2.05, 4.69) is 31.4 Å². The molecule has 1 heterocycles. The Bertz CT molecular complexity index is 840. The Balaban J connectivity index is 1.98. The molecule has 0 spiro atoms. The Hall–Kier alpha value is -2.64. The van der Waals surface area contributed by atoms with E-state index in [0.29, 0.717) is 18.5 Å². The second kappa shape index (κ2) is 10.9. The number of nitrogens with one attached hydrogen (secondary N) is 2. The van der Waals surface area contributed by atoms with Crippen LogP contribution in [0.1, 0.15) is 32.1 Å². The molecule has 0 saturated carbocycles. The van der Waals surface area contributed by atoms with E-state index < -0.39 is 6.04 Å². The topological polar surface area (TPSA) is 93.5 Å². The highest BCUT2D eigenvalue weighted by atomic mass is 32.1. The van der Waals surface area contributed by atoms with Crippen LogP contribution in [0, 0.1) is 5.41 Å². The van der Waals surface area contributed by atoms with Gasteiger partial charge in [0.1, 0.15) is 5.75 Å². The molecule has 4 N–H and O–H groups in total. The molecule has 0 aliphatic heterocycles. The monoisotopic (exact) mass is 429 g/mol. The second-order valence-corrected chi connectivity index (χ2v) is 9.38. The van der Waals surface area contributed by atoms with Crippen LogP contribution in [0.25, 0.3) is 0 Å². The fourth-order valence-corrected chi connectivity index (χ4v) is 3.68. The number of carbonyl (C=O) groups excluding carboxylic acids is 2. The highest BCUT2D eigenvalue weighted by Crippen LogP contribution is 2.22. The van der Waals surface area contributed by atoms with Crippen LogP contribution in [0.5, 0.6) is 5.75 Å². The maximum Gasteiger partial charge on any atom is 0.248 e. The maximum atomic E-state index is 12.6. The van der Waals surface area contributed by atoms with Crippen LogP contribution in [-0.4, -0.2) is 31.0 Å². The lowest BCUT2D eigenvalue weighted by Crippen LogP contribution is -2.46. The normalized spacial score (nSPS) is 13.6. The molecule has 0 radical (unpaired) electrons. The van der Waals surface area contributed by atoms with E-state index in [1.54, 1.807) is 48.8 Å². The molecule has 2 amide bonds. The predicted octanol–water partition coefficient (Wildman–Crippen LogP) is 3.74. The lowest BCUT2D eigenvalue weighted by Gasteiger charge is -2.25. The summed E-state index contributed by atoms with van der Waals surface area (Å²) >= 11 is 1.58. The van der Waals surface area contributed by atoms with Gasteiger partial charge in [0.15, 0.2) is 0 Å². The van der Waals surface area contributed by atoms with Gasteiger partial charge in [-0.05, 0) is 47.5 Å². The van der Waals surface area contributed by atoms with Gasteiger partial charge in [-0.3, -0.25) is 9.59 Å². The average Bonchev–Trinajstić information content (AvgIpc) is 3.18. The van der Waals surface area contributed by atoms with Crippen molar-refractivity contribution in [2.45, 2.75) is 45.7 Å². The number of anilines is 1. The fourth-order valence-electron chi connectivity index (χ4n) is 2.92. The van der Waals surface area contributed by atoms with Crippen molar-refractivity contribution >= 4 is 28.8 Å². The largest absolute Gasteiger partial charge is 0.497 e. The van der Waals surface area contributed by atoms with Gasteiger partial charge >= 0.3 is 0 Å². The van der Waals surface area contributed by atoms with Crippen LogP contribution in [-0.2, 0) is 16.0 Å². The standard InChI is InChI=1S/C23H31N3O3S/c1-23(2,3)15-17(26-22(28)20(24)14-19-6-5-13-30-19)9-12-21(27)25-16-7-10-18(29-4)11-8-16/h5-13,17,20H,14-15,24H2,1-4H3,(H,25,27)(H,26,28)/t17-,20+/m1/s1. The molecule has 0 aliphatic rings. The van der Waals surface area contributed by atoms with Gasteiger partial charge in [-0.25, -0.2) is 0 Å². The van der Waals surface area contributed by atoms with Crippen LogP contribution >= 0.6 is 11.3 Å². The highest BCUT2D eigenvalue weighted by molar-refractivity contribution is 7.09. The molecular weight excluding hydrogens is 398 g/mol. The molecule has 7 heteroatoms. The first kappa shape index (κ1) is 23.6. The number of amides is 2. The van der Waals surface area contributed by atoms with E-state index in [1.807, 2.05) is 17.5 Å². The third-order valence-electron chi connectivity index (χ3n) is 4.34. The zero-order valence-electron chi connectivity index (χ0n) is 18.0. The molecule has 162 valence electrons. The molecule has 30 heavy (non-hydrogen) atoms. The number of thiophene rings is 1. The number of hydrogen-bond donors (Lipinski definition) is 3. The molecule has 6 nitrogen and oxygen atoms in total. The summed E-state index contributed by atoms with van der Waals surface area (Å²) in [6.45, 7) is 6.26. The minimum Gasteiger partial charge on any atom is -0.497 e. The molecule has 0 saturated heterocycles. The van der Waals surface area contributed by atoms with Gasteiger partial charge in [-0.2, -0.15) is 0 Å². The summed E-state index contributed by atoms with van der Waals surface area (Å²) in [5, 5.41) is 7.74. The number of hydrogen-bond acceptors (Lipinski definition) is 5. The van der Waals surface area contributed by atoms with E-state index in [4.69, 9.17) is 10.5 Å². The van der Waals surface area contributed by atoms with Gasteiger partial charge < -0.3 is 21.1 Å². The minimum atomic E-state index is -0.632. The molecule has 1 aromatic carbocycles. The Kier molecular flexibility index (Phi) is 8.62. The van der Waals surface area contributed by atoms with Crippen molar-refractivity contribution < 1.29 is 14.3 Å². The smallest absolute Gasteiger partial charge is 0.248 e. The summed E-state index contributed by atoms with van der Waals surface area (Å²) in [4.78, 5) is 26.0. The summed E-state index contributed by atoms with van der Waals surface area (Å²) in [6.07, 6.45) is 4.34. The van der Waals surface area contributed by atoms with Gasteiger partial charge in [0.25, 0.3) is 0 Å². The van der Waals surface area contributed by atoms with E-state index in [9.17, 15) is 9.59 Å². The van der Waals surface area contributed by atoms with Crippen LogP contribution in [0.3, 0.4) is 0 Å². The number of benzene rings is 1. The summed E-state index contributed by atoms with van der Waals surface area (Å²) < 4.78 is 5.11. The number of ether oxygens (including phenoxy) is 1. The zero-order valence-corrected chi connectivity index (χ0v) is 18.8. The van der Waals surface area contributed by atoms with Crippen molar-refractivity contribution in [3.05, 3.63) is 58.8 Å². The van der Waals surface area contributed by atoms with Crippen molar-refractivity contribution in [3.63, 3.8) is 0 Å². The number of carbonyl (C=O) groups is 2. The molecule has 2 rings (SSSR count). The van der Waals surface area contributed by atoms with E-state index in [1.165, 1.54) is 6.08 Å². The molecule has 0 unspecified atom stereocenters. The number of nitrogens with two attached hydrogens (primary N) is 1. The van der Waals surface area contributed by atoms with Crippen molar-refractivity contribution in [2.75, 3.05) is 12.4 Å². The summed E-state index contributed by atoms with van der Waals surface area (Å²) in [5.74, 6) is 0.226. The van der Waals surface area contributed by atoms with E-state index in [0.717, 1.165) is 10.6 Å². The third kappa shape index (κ3) is 8.39. The summed E-state index contributed by atoms with van der Waals surface area (Å²) in [7, 11) is 1.59. The molecule has 0 bridgehead atoms. The van der Waals surface area contributed by atoms with Gasteiger partial charge in [-0.15, -0.1) is 11.3 Å². The van der Waals surface area contributed by atoms with Crippen molar-refractivity contribution in [1.82, 2.24) is 5.32 Å². The molecule has 2 atom stereocenters. The highest BCUT2D eigenvalue weighted by Gasteiger charge is 2.22. The molecule has 1 aromatic heterocycles. The first-order chi connectivity index (χ1) is 14.2.